The second kappa shape index (κ2) is 10.5. The summed E-state index contributed by atoms with van der Waals surface area (Å²) in [5.74, 6) is -0.121. The molecule has 0 aliphatic carbocycles. The number of phenols is 1. The summed E-state index contributed by atoms with van der Waals surface area (Å²) in [6.07, 6.45) is 0.0315. The number of carbonyl (C=O) groups is 2. The number of halogens is 2. The van der Waals surface area contributed by atoms with Crippen molar-refractivity contribution in [1.82, 2.24) is 5.32 Å². The predicted molar refractivity (Wildman–Crippen MR) is 127 cm³/mol. The van der Waals surface area contributed by atoms with Crippen LogP contribution in [0.5, 0.6) is 17.2 Å². The maximum Gasteiger partial charge on any atom is 0.326 e. The van der Waals surface area contributed by atoms with E-state index in [1.807, 2.05) is 26.8 Å². The summed E-state index contributed by atoms with van der Waals surface area (Å²) < 4.78 is 7.35. The summed E-state index contributed by atoms with van der Waals surface area (Å²) in [5.41, 5.74) is 2.22. The van der Waals surface area contributed by atoms with E-state index in [1.54, 1.807) is 32.0 Å². The zero-order chi connectivity index (χ0) is 23.5. The molecule has 168 valence electrons. The Kier molecular flexibility index (Phi) is 8.54. The van der Waals surface area contributed by atoms with Gasteiger partial charge < -0.3 is 20.3 Å². The number of hydrogen-bond donors (Lipinski definition) is 3. The van der Waals surface area contributed by atoms with E-state index >= 15 is 0 Å². The number of hydrogen-bond acceptors (Lipinski definition) is 4. The number of amides is 1. The van der Waals surface area contributed by atoms with Crippen LogP contribution in [-0.2, 0) is 16.0 Å². The number of aryl methyl sites for hydroxylation is 1. The van der Waals surface area contributed by atoms with Gasteiger partial charge >= 0.3 is 5.97 Å². The van der Waals surface area contributed by atoms with Gasteiger partial charge in [-0.25, -0.2) is 4.79 Å². The van der Waals surface area contributed by atoms with Gasteiger partial charge in [-0.3, -0.25) is 4.79 Å². The molecular formula is C23H27Br2NO5. The zero-order valence-electron chi connectivity index (χ0n) is 18.1. The summed E-state index contributed by atoms with van der Waals surface area (Å²) in [6.45, 7) is 9.31. The lowest BCUT2D eigenvalue weighted by Gasteiger charge is -2.18. The number of carboxylic acid groups (broad SMARTS) is 1. The topological polar surface area (TPSA) is 95.9 Å². The SMILES string of the molecule is Cc1cc(Oc2c(Br)cc(CC(=O)N[C@H](C(=O)O)C(C)C)cc2Br)cc(C(C)C)c1O. The Hall–Kier alpha value is -2.06. The van der Waals surface area contributed by atoms with Crippen molar-refractivity contribution in [2.75, 3.05) is 0 Å². The summed E-state index contributed by atoms with van der Waals surface area (Å²) in [4.78, 5) is 23.6. The molecule has 1 atom stereocenters. The highest BCUT2D eigenvalue weighted by Gasteiger charge is 2.23. The number of benzene rings is 2. The molecule has 0 saturated heterocycles. The van der Waals surface area contributed by atoms with Crippen LogP contribution < -0.4 is 10.1 Å². The van der Waals surface area contributed by atoms with Crippen LogP contribution in [-0.4, -0.2) is 28.1 Å². The monoisotopic (exact) mass is 555 g/mol. The van der Waals surface area contributed by atoms with Crippen LogP contribution in [0.15, 0.2) is 33.2 Å². The number of aromatic hydroxyl groups is 1. The molecule has 0 heterocycles. The largest absolute Gasteiger partial charge is 0.507 e. The van der Waals surface area contributed by atoms with Crippen molar-refractivity contribution in [1.29, 1.82) is 0 Å². The summed E-state index contributed by atoms with van der Waals surface area (Å²) in [6, 6.07) is 6.17. The summed E-state index contributed by atoms with van der Waals surface area (Å²) in [7, 11) is 0. The standard InChI is InChI=1S/C23H27Br2NO5/c1-11(2)16-10-15(6-13(5)21(16)28)31-22-17(24)7-14(8-18(22)25)9-19(27)26-20(12(3)4)23(29)30/h6-8,10-12,20,28H,9H2,1-5H3,(H,26,27)(H,29,30)/t20-/m0/s1. The molecule has 0 radical (unpaired) electrons. The number of ether oxygens (including phenoxy) is 1. The third-order valence-corrected chi connectivity index (χ3v) is 6.00. The Bertz CT molecular complexity index is 965. The molecule has 0 aromatic heterocycles. The first-order valence-electron chi connectivity index (χ1n) is 9.92. The number of aliphatic carboxylic acids is 1. The van der Waals surface area contributed by atoms with Gasteiger partial charge in [-0.05, 0) is 86.0 Å². The molecular weight excluding hydrogens is 530 g/mol. The zero-order valence-corrected chi connectivity index (χ0v) is 21.3. The van der Waals surface area contributed by atoms with Crippen molar-refractivity contribution < 1.29 is 24.5 Å². The molecule has 31 heavy (non-hydrogen) atoms. The van der Waals surface area contributed by atoms with E-state index in [4.69, 9.17) is 4.74 Å². The van der Waals surface area contributed by atoms with E-state index in [2.05, 4.69) is 37.2 Å². The van der Waals surface area contributed by atoms with E-state index in [-0.39, 0.29) is 29.9 Å². The van der Waals surface area contributed by atoms with Gasteiger partial charge in [-0.15, -0.1) is 0 Å². The van der Waals surface area contributed by atoms with Gasteiger partial charge in [0.2, 0.25) is 5.91 Å². The molecule has 2 rings (SSSR count). The highest BCUT2D eigenvalue weighted by atomic mass is 79.9. The Morgan fingerprint density at radius 3 is 2.13 bits per heavy atom. The second-order valence-corrected chi connectivity index (χ2v) is 9.84. The molecule has 0 fully saturated rings. The normalized spacial score (nSPS) is 12.2. The third-order valence-electron chi connectivity index (χ3n) is 4.82. The van der Waals surface area contributed by atoms with Gasteiger partial charge in [0, 0.05) is 5.56 Å². The highest BCUT2D eigenvalue weighted by Crippen LogP contribution is 2.40. The average molecular weight is 557 g/mol. The van der Waals surface area contributed by atoms with Crippen LogP contribution in [0.3, 0.4) is 0 Å². The van der Waals surface area contributed by atoms with E-state index in [0.29, 0.717) is 26.0 Å². The quantitative estimate of drug-likeness (QED) is 0.375. The minimum atomic E-state index is -1.06. The molecule has 3 N–H and O–H groups in total. The van der Waals surface area contributed by atoms with Crippen LogP contribution in [0.2, 0.25) is 0 Å². The van der Waals surface area contributed by atoms with E-state index in [9.17, 15) is 19.8 Å². The maximum atomic E-state index is 12.3. The summed E-state index contributed by atoms with van der Waals surface area (Å²) in [5, 5.41) is 22.1. The number of nitrogens with one attached hydrogen (secondary N) is 1. The predicted octanol–water partition coefficient (Wildman–Crippen LogP) is 5.91. The Morgan fingerprint density at radius 2 is 1.65 bits per heavy atom. The molecule has 0 aliphatic heterocycles. The Balaban J connectivity index is 2.23. The van der Waals surface area contributed by atoms with Crippen molar-refractivity contribution in [2.24, 2.45) is 5.92 Å². The van der Waals surface area contributed by atoms with Crippen LogP contribution >= 0.6 is 31.9 Å². The van der Waals surface area contributed by atoms with Crippen LogP contribution in [0.1, 0.15) is 50.3 Å². The van der Waals surface area contributed by atoms with Crippen molar-refractivity contribution in [3.05, 3.63) is 49.9 Å². The van der Waals surface area contributed by atoms with Crippen molar-refractivity contribution in [3.8, 4) is 17.2 Å². The Morgan fingerprint density at radius 1 is 1.06 bits per heavy atom. The van der Waals surface area contributed by atoms with Crippen LogP contribution in [0.25, 0.3) is 0 Å². The number of carboxylic acids is 1. The van der Waals surface area contributed by atoms with E-state index in [0.717, 1.165) is 11.1 Å². The van der Waals surface area contributed by atoms with Gasteiger partial charge in [-0.1, -0.05) is 27.7 Å². The molecule has 0 spiro atoms. The first-order valence-corrected chi connectivity index (χ1v) is 11.5. The molecule has 6 nitrogen and oxygen atoms in total. The van der Waals surface area contributed by atoms with Crippen LogP contribution in [0, 0.1) is 12.8 Å². The van der Waals surface area contributed by atoms with E-state index in [1.165, 1.54) is 0 Å². The fourth-order valence-electron chi connectivity index (χ4n) is 3.12. The summed E-state index contributed by atoms with van der Waals surface area (Å²) >= 11 is 6.99. The first kappa shape index (κ1) is 25.2. The number of rotatable bonds is 8. The maximum absolute atomic E-state index is 12.3. The lowest BCUT2D eigenvalue weighted by atomic mass is 9.99. The van der Waals surface area contributed by atoms with Gasteiger partial charge in [0.05, 0.1) is 15.4 Å². The van der Waals surface area contributed by atoms with Gasteiger partial charge in [0.1, 0.15) is 17.5 Å². The molecule has 0 aliphatic rings. The lowest BCUT2D eigenvalue weighted by molar-refractivity contribution is -0.143. The minimum absolute atomic E-state index is 0.0315. The Labute approximate surface area is 199 Å². The highest BCUT2D eigenvalue weighted by molar-refractivity contribution is 9.11. The van der Waals surface area contributed by atoms with Gasteiger partial charge in [-0.2, -0.15) is 0 Å². The fourth-order valence-corrected chi connectivity index (χ4v) is 4.57. The first-order chi connectivity index (χ1) is 14.4. The van der Waals surface area contributed by atoms with Crippen molar-refractivity contribution >= 4 is 43.7 Å². The van der Waals surface area contributed by atoms with Gasteiger partial charge in [0.25, 0.3) is 0 Å². The molecule has 0 bridgehead atoms. The van der Waals surface area contributed by atoms with E-state index < -0.39 is 12.0 Å². The number of phenolic OH excluding ortho intramolecular Hbond substituents is 1. The van der Waals surface area contributed by atoms with Crippen molar-refractivity contribution in [3.63, 3.8) is 0 Å². The lowest BCUT2D eigenvalue weighted by Crippen LogP contribution is -2.44. The molecule has 1 amide bonds. The smallest absolute Gasteiger partial charge is 0.326 e. The second-order valence-electron chi connectivity index (χ2n) is 8.13. The molecule has 0 unspecified atom stereocenters. The van der Waals surface area contributed by atoms with Crippen molar-refractivity contribution in [2.45, 2.75) is 53.0 Å². The average Bonchev–Trinajstić information content (AvgIpc) is 2.64. The molecule has 2 aromatic rings. The minimum Gasteiger partial charge on any atom is -0.507 e. The molecule has 8 heteroatoms. The van der Waals surface area contributed by atoms with Crippen LogP contribution in [0.4, 0.5) is 0 Å². The molecule has 2 aromatic carbocycles. The third kappa shape index (κ3) is 6.46. The fraction of sp³-hybridized carbons (Fsp3) is 0.391. The van der Waals surface area contributed by atoms with Gasteiger partial charge in [0.15, 0.2) is 5.75 Å². The number of carbonyl (C=O) groups excluding carboxylic acids is 1. The molecule has 0 saturated carbocycles.